The summed E-state index contributed by atoms with van der Waals surface area (Å²) in [6.07, 6.45) is 6.24. The Kier molecular flexibility index (Phi) is 4.22. The molecule has 1 aliphatic carbocycles. The number of rotatable bonds is 4. The molecule has 0 aliphatic heterocycles. The van der Waals surface area contributed by atoms with E-state index in [0.717, 1.165) is 18.2 Å². The van der Waals surface area contributed by atoms with Gasteiger partial charge in [-0.3, -0.25) is 9.59 Å². The van der Waals surface area contributed by atoms with Crippen LogP contribution in [0.15, 0.2) is 23.1 Å². The van der Waals surface area contributed by atoms with Crippen LogP contribution in [0.2, 0.25) is 0 Å². The van der Waals surface area contributed by atoms with E-state index in [1.54, 1.807) is 6.07 Å². The Morgan fingerprint density at radius 3 is 2.78 bits per heavy atom. The predicted octanol–water partition coefficient (Wildman–Crippen LogP) is 2.06. The molecule has 98 valence electrons. The number of alkyl halides is 1. The van der Waals surface area contributed by atoms with E-state index in [4.69, 9.17) is 0 Å². The lowest BCUT2D eigenvalue weighted by molar-refractivity contribution is 0.0935. The van der Waals surface area contributed by atoms with Gasteiger partial charge in [-0.1, -0.05) is 28.8 Å². The van der Waals surface area contributed by atoms with Gasteiger partial charge in [-0.25, -0.2) is 0 Å². The van der Waals surface area contributed by atoms with Crippen molar-refractivity contribution in [2.75, 3.05) is 11.9 Å². The number of hydrogen-bond donors (Lipinski definition) is 2. The second-order valence-corrected chi connectivity index (χ2v) is 5.53. The van der Waals surface area contributed by atoms with Crippen LogP contribution in [0.1, 0.15) is 36.0 Å². The molecule has 1 amide bonds. The van der Waals surface area contributed by atoms with Crippen LogP contribution >= 0.6 is 15.9 Å². The molecule has 1 aromatic rings. The summed E-state index contributed by atoms with van der Waals surface area (Å²) in [5.74, 6) is -0.173. The summed E-state index contributed by atoms with van der Waals surface area (Å²) in [4.78, 5) is 25.6. The molecule has 5 heteroatoms. The number of carbonyl (C=O) groups is 1. The smallest absolute Gasteiger partial charge is 0.251 e. The van der Waals surface area contributed by atoms with Crippen molar-refractivity contribution in [1.29, 1.82) is 0 Å². The molecule has 2 N–H and O–H groups in total. The summed E-state index contributed by atoms with van der Waals surface area (Å²) >= 11 is 3.55. The average molecular weight is 313 g/mol. The molecular weight excluding hydrogens is 296 g/mol. The quantitative estimate of drug-likeness (QED) is 0.836. The first kappa shape index (κ1) is 13.3. The van der Waals surface area contributed by atoms with Crippen LogP contribution in [-0.2, 0) is 0 Å². The molecule has 0 radical (unpaired) electrons. The normalized spacial score (nSPS) is 17.6. The maximum absolute atomic E-state index is 11.9. The van der Waals surface area contributed by atoms with Crippen molar-refractivity contribution in [2.24, 2.45) is 5.41 Å². The van der Waals surface area contributed by atoms with Gasteiger partial charge in [-0.2, -0.15) is 0 Å². The van der Waals surface area contributed by atoms with Crippen molar-refractivity contribution in [3.8, 4) is 0 Å². The summed E-state index contributed by atoms with van der Waals surface area (Å²) in [5, 5.41) is 3.85. The third-order valence-corrected chi connectivity index (χ3v) is 4.80. The van der Waals surface area contributed by atoms with Crippen LogP contribution in [0.3, 0.4) is 0 Å². The molecule has 1 aliphatic rings. The highest BCUT2D eigenvalue weighted by Gasteiger charge is 2.33. The molecule has 0 bridgehead atoms. The Balaban J connectivity index is 1.98. The Bertz CT molecular complexity index is 478. The fraction of sp³-hybridized carbons (Fsp3) is 0.538. The Morgan fingerprint density at radius 1 is 1.44 bits per heavy atom. The number of pyridine rings is 1. The number of amides is 1. The Hall–Kier alpha value is -1.10. The summed E-state index contributed by atoms with van der Waals surface area (Å²) < 4.78 is 0. The van der Waals surface area contributed by atoms with Gasteiger partial charge in [0.2, 0.25) is 5.56 Å². The number of aromatic nitrogens is 1. The van der Waals surface area contributed by atoms with Gasteiger partial charge in [-0.15, -0.1) is 0 Å². The molecule has 0 aromatic carbocycles. The van der Waals surface area contributed by atoms with E-state index in [2.05, 4.69) is 26.2 Å². The zero-order valence-electron chi connectivity index (χ0n) is 10.2. The highest BCUT2D eigenvalue weighted by atomic mass is 79.9. The van der Waals surface area contributed by atoms with Gasteiger partial charge in [-0.05, 0) is 24.3 Å². The van der Waals surface area contributed by atoms with Crippen LogP contribution in [0, 0.1) is 5.41 Å². The lowest BCUT2D eigenvalue weighted by Gasteiger charge is -2.26. The fourth-order valence-electron chi connectivity index (χ4n) is 2.44. The van der Waals surface area contributed by atoms with Crippen LogP contribution in [0.25, 0.3) is 0 Å². The van der Waals surface area contributed by atoms with Crippen molar-refractivity contribution < 1.29 is 4.79 Å². The molecule has 1 fully saturated rings. The van der Waals surface area contributed by atoms with E-state index < -0.39 is 0 Å². The molecule has 4 nitrogen and oxygen atoms in total. The molecule has 0 spiro atoms. The lowest BCUT2D eigenvalue weighted by Crippen LogP contribution is -2.37. The molecule has 0 saturated heterocycles. The molecular formula is C13H17BrN2O2. The average Bonchev–Trinajstić information content (AvgIpc) is 2.85. The zero-order valence-corrected chi connectivity index (χ0v) is 11.8. The van der Waals surface area contributed by atoms with Crippen molar-refractivity contribution in [1.82, 2.24) is 10.3 Å². The van der Waals surface area contributed by atoms with Gasteiger partial charge in [0.05, 0.1) is 0 Å². The van der Waals surface area contributed by atoms with E-state index in [9.17, 15) is 9.59 Å². The van der Waals surface area contributed by atoms with Gasteiger partial charge < -0.3 is 10.3 Å². The maximum Gasteiger partial charge on any atom is 0.251 e. The second kappa shape index (κ2) is 5.69. The number of carbonyl (C=O) groups excluding carboxylic acids is 1. The number of hydrogen-bond acceptors (Lipinski definition) is 2. The van der Waals surface area contributed by atoms with Crippen LogP contribution in [0.5, 0.6) is 0 Å². The third-order valence-electron chi connectivity index (χ3n) is 3.61. The number of halogens is 1. The minimum absolute atomic E-state index is 0.173. The van der Waals surface area contributed by atoms with E-state index in [1.165, 1.54) is 25.1 Å². The van der Waals surface area contributed by atoms with Crippen molar-refractivity contribution in [3.63, 3.8) is 0 Å². The topological polar surface area (TPSA) is 62.0 Å². The van der Waals surface area contributed by atoms with Crippen molar-refractivity contribution >= 4 is 21.8 Å². The van der Waals surface area contributed by atoms with Gasteiger partial charge in [0.25, 0.3) is 5.91 Å². The van der Waals surface area contributed by atoms with Crippen molar-refractivity contribution in [2.45, 2.75) is 25.7 Å². The molecule has 1 aromatic heterocycles. The monoisotopic (exact) mass is 312 g/mol. The number of H-pyrrole nitrogens is 1. The largest absolute Gasteiger partial charge is 0.351 e. The Morgan fingerprint density at radius 2 is 2.17 bits per heavy atom. The highest BCUT2D eigenvalue weighted by molar-refractivity contribution is 9.09. The minimum atomic E-state index is -0.251. The molecule has 18 heavy (non-hydrogen) atoms. The zero-order chi connectivity index (χ0) is 13.0. The van der Waals surface area contributed by atoms with Crippen LogP contribution in [0.4, 0.5) is 0 Å². The summed E-state index contributed by atoms with van der Waals surface area (Å²) in [7, 11) is 0. The molecule has 1 heterocycles. The SMILES string of the molecule is O=C(NCC1(CBr)CCCC1)c1cc[nH]c(=O)c1. The lowest BCUT2D eigenvalue weighted by atomic mass is 9.89. The second-order valence-electron chi connectivity index (χ2n) is 4.97. The van der Waals surface area contributed by atoms with E-state index in [0.29, 0.717) is 12.1 Å². The van der Waals surface area contributed by atoms with E-state index in [1.807, 2.05) is 0 Å². The van der Waals surface area contributed by atoms with Gasteiger partial charge in [0.1, 0.15) is 0 Å². The third kappa shape index (κ3) is 3.02. The molecule has 1 saturated carbocycles. The first-order chi connectivity index (χ1) is 8.65. The highest BCUT2D eigenvalue weighted by Crippen LogP contribution is 2.38. The van der Waals surface area contributed by atoms with E-state index in [-0.39, 0.29) is 16.9 Å². The number of aromatic amines is 1. The summed E-state index contributed by atoms with van der Waals surface area (Å²) in [6.45, 7) is 0.671. The van der Waals surface area contributed by atoms with Gasteiger partial charge >= 0.3 is 0 Å². The standard InChI is InChI=1S/C13H17BrN2O2/c14-8-13(4-1-2-5-13)9-16-12(18)10-3-6-15-11(17)7-10/h3,6-7H,1-2,4-5,8-9H2,(H,15,17)(H,16,18). The minimum Gasteiger partial charge on any atom is -0.351 e. The maximum atomic E-state index is 11.9. The molecule has 0 unspecified atom stereocenters. The van der Waals surface area contributed by atoms with E-state index >= 15 is 0 Å². The van der Waals surface area contributed by atoms with Crippen molar-refractivity contribution in [3.05, 3.63) is 34.2 Å². The first-order valence-corrected chi connectivity index (χ1v) is 7.30. The molecule has 2 rings (SSSR count). The summed E-state index contributed by atoms with van der Waals surface area (Å²) in [6, 6.07) is 2.94. The van der Waals surface area contributed by atoms with Crippen LogP contribution < -0.4 is 10.9 Å². The summed E-state index contributed by atoms with van der Waals surface area (Å²) in [5.41, 5.74) is 0.358. The van der Waals surface area contributed by atoms with Gasteiger partial charge in [0.15, 0.2) is 0 Å². The van der Waals surface area contributed by atoms with Gasteiger partial charge in [0, 0.05) is 29.7 Å². The first-order valence-electron chi connectivity index (χ1n) is 6.18. The fourth-order valence-corrected chi connectivity index (χ4v) is 3.20. The molecule has 0 atom stereocenters. The van der Waals surface area contributed by atoms with Crippen LogP contribution in [-0.4, -0.2) is 22.8 Å². The number of nitrogens with one attached hydrogen (secondary N) is 2. The predicted molar refractivity (Wildman–Crippen MR) is 74.1 cm³/mol. The Labute approximate surface area is 114 Å².